The van der Waals surface area contributed by atoms with Gasteiger partial charge in [0.05, 0.1) is 30.7 Å². The number of rotatable bonds is 11. The molecule has 0 aliphatic heterocycles. The number of nitrogens with two attached hydrogens (primary N) is 1. The number of hydrogen-bond donors (Lipinski definition) is 1. The Balaban J connectivity index is 1.60. The largest absolute Gasteiger partial charge is 0.497 e. The molecule has 0 unspecified atom stereocenters. The summed E-state index contributed by atoms with van der Waals surface area (Å²) in [5.74, 6) is 2.70. The first-order valence-electron chi connectivity index (χ1n) is 12.9. The van der Waals surface area contributed by atoms with E-state index in [1.165, 1.54) is 11.3 Å². The Bertz CT molecular complexity index is 1550. The number of methoxy groups -OCH3 is 1. The van der Waals surface area contributed by atoms with Crippen molar-refractivity contribution in [2.45, 2.75) is 40.8 Å². The molecule has 2 aromatic carbocycles. The van der Waals surface area contributed by atoms with Crippen LogP contribution in [0.5, 0.6) is 11.5 Å². The van der Waals surface area contributed by atoms with E-state index in [0.717, 1.165) is 44.5 Å². The molecule has 2 N–H and O–H groups in total. The third-order valence-corrected chi connectivity index (χ3v) is 7.54. The van der Waals surface area contributed by atoms with Gasteiger partial charge in [-0.05, 0) is 62.4 Å². The van der Waals surface area contributed by atoms with Crippen molar-refractivity contribution in [1.82, 2.24) is 14.8 Å². The number of nitrogens with zero attached hydrogens (tertiary/aromatic N) is 3. The minimum atomic E-state index is -0.389. The molecule has 2 aromatic heterocycles. The first kappa shape index (κ1) is 28.6. The summed E-state index contributed by atoms with van der Waals surface area (Å²) in [6.45, 7) is 12.6. The summed E-state index contributed by atoms with van der Waals surface area (Å²) >= 11 is 1.42. The van der Waals surface area contributed by atoms with E-state index in [9.17, 15) is 4.79 Å². The summed E-state index contributed by atoms with van der Waals surface area (Å²) in [6.07, 6.45) is 1.73. The number of aromatic nitrogens is 3. The Morgan fingerprint density at radius 3 is 2.55 bits per heavy atom. The van der Waals surface area contributed by atoms with Crippen LogP contribution in [0.1, 0.15) is 46.8 Å². The average molecular weight is 559 g/mol. The van der Waals surface area contributed by atoms with Gasteiger partial charge in [-0.2, -0.15) is 0 Å². The zero-order chi connectivity index (χ0) is 28.8. The number of thiophene rings is 1. The average Bonchev–Trinajstić information content (AvgIpc) is 3.53. The van der Waals surface area contributed by atoms with Gasteiger partial charge in [-0.1, -0.05) is 36.9 Å². The van der Waals surface area contributed by atoms with Crippen LogP contribution in [0.15, 0.2) is 60.5 Å². The summed E-state index contributed by atoms with van der Waals surface area (Å²) < 4.78 is 18.9. The third-order valence-electron chi connectivity index (χ3n) is 6.48. The number of benzene rings is 2. The Morgan fingerprint density at radius 2 is 1.90 bits per heavy atom. The summed E-state index contributed by atoms with van der Waals surface area (Å²) in [6, 6.07) is 14.0. The molecule has 0 spiro atoms. The van der Waals surface area contributed by atoms with E-state index in [1.807, 2.05) is 61.7 Å². The number of esters is 1. The van der Waals surface area contributed by atoms with Crippen LogP contribution in [0.25, 0.3) is 22.7 Å². The highest BCUT2D eigenvalue weighted by Gasteiger charge is 2.22. The van der Waals surface area contributed by atoms with Gasteiger partial charge in [0.15, 0.2) is 5.82 Å². The third kappa shape index (κ3) is 6.10. The Labute approximate surface area is 238 Å². The second kappa shape index (κ2) is 12.7. The minimum Gasteiger partial charge on any atom is -0.497 e. The van der Waals surface area contributed by atoms with E-state index in [2.05, 4.69) is 21.3 Å². The van der Waals surface area contributed by atoms with Crippen molar-refractivity contribution in [3.63, 3.8) is 0 Å². The van der Waals surface area contributed by atoms with Gasteiger partial charge in [0.1, 0.15) is 23.9 Å². The van der Waals surface area contributed by atoms with E-state index in [1.54, 1.807) is 27.0 Å². The van der Waals surface area contributed by atoms with Gasteiger partial charge in [0.2, 0.25) is 0 Å². The molecule has 8 nitrogen and oxygen atoms in total. The van der Waals surface area contributed by atoms with Crippen molar-refractivity contribution < 1.29 is 19.0 Å². The van der Waals surface area contributed by atoms with E-state index in [4.69, 9.17) is 19.9 Å². The number of hydrogen-bond acceptors (Lipinski definition) is 8. The smallest absolute Gasteiger partial charge is 0.339 e. The lowest BCUT2D eigenvalue weighted by molar-refractivity contribution is -0.136. The van der Waals surface area contributed by atoms with Crippen LogP contribution in [0.3, 0.4) is 0 Å². The molecular formula is C31H34N4O4S. The molecular weight excluding hydrogens is 524 g/mol. The van der Waals surface area contributed by atoms with E-state index >= 15 is 0 Å². The SMILES string of the molecule is C=C(N)c1c(COc2cc(-c3nnc(C)n3Cc3ccc(OC)cc3)ccc2C)csc1/C(=C\C)C(=O)OCC. The fourth-order valence-electron chi connectivity index (χ4n) is 4.35. The lowest BCUT2D eigenvalue weighted by atomic mass is 10.0. The summed E-state index contributed by atoms with van der Waals surface area (Å²) in [7, 11) is 1.65. The van der Waals surface area contributed by atoms with Crippen LogP contribution < -0.4 is 15.2 Å². The van der Waals surface area contributed by atoms with Crippen molar-refractivity contribution in [1.29, 1.82) is 0 Å². The zero-order valence-electron chi connectivity index (χ0n) is 23.5. The van der Waals surface area contributed by atoms with Gasteiger partial charge in [-0.25, -0.2) is 4.79 Å². The Hall–Kier alpha value is -4.37. The monoisotopic (exact) mass is 558 g/mol. The van der Waals surface area contributed by atoms with Crippen LogP contribution in [-0.4, -0.2) is 34.5 Å². The summed E-state index contributed by atoms with van der Waals surface area (Å²) in [5.41, 5.74) is 11.5. The lowest BCUT2D eigenvalue weighted by Crippen LogP contribution is -2.09. The van der Waals surface area contributed by atoms with Crippen molar-refractivity contribution >= 4 is 28.6 Å². The number of carbonyl (C=O) groups excluding carboxylic acids is 1. The molecule has 9 heteroatoms. The fourth-order valence-corrected chi connectivity index (χ4v) is 5.50. The molecule has 0 bridgehead atoms. The van der Waals surface area contributed by atoms with Gasteiger partial charge in [0.25, 0.3) is 0 Å². The molecule has 4 aromatic rings. The summed E-state index contributed by atoms with van der Waals surface area (Å²) in [4.78, 5) is 13.2. The highest BCUT2D eigenvalue weighted by Crippen LogP contribution is 2.35. The van der Waals surface area contributed by atoms with Crippen LogP contribution in [-0.2, 0) is 22.7 Å². The molecule has 0 saturated carbocycles. The van der Waals surface area contributed by atoms with E-state index in [-0.39, 0.29) is 12.6 Å². The van der Waals surface area contributed by atoms with Crippen molar-refractivity contribution in [3.8, 4) is 22.9 Å². The standard InChI is InChI=1S/C31H34N4O4S/c1-7-26(31(36)38-8-2)29-28(20(4)32)24(18-40-29)17-39-27-15-23(12-9-19(27)3)30-34-33-21(5)35(30)16-22-10-13-25(37-6)14-11-22/h7,9-15,18H,4,8,16-17,32H2,1-3,5-6H3/b26-7+. The predicted molar refractivity (Wildman–Crippen MR) is 159 cm³/mol. The highest BCUT2D eigenvalue weighted by atomic mass is 32.1. The molecule has 0 aliphatic carbocycles. The molecule has 0 atom stereocenters. The topological polar surface area (TPSA) is 101 Å². The van der Waals surface area contributed by atoms with Gasteiger partial charge in [-0.15, -0.1) is 21.5 Å². The number of ether oxygens (including phenoxy) is 3. The van der Waals surface area contributed by atoms with Crippen molar-refractivity contribution in [2.75, 3.05) is 13.7 Å². The Morgan fingerprint density at radius 1 is 1.15 bits per heavy atom. The van der Waals surface area contributed by atoms with E-state index in [0.29, 0.717) is 35.7 Å². The van der Waals surface area contributed by atoms with Crippen molar-refractivity contribution in [2.24, 2.45) is 5.73 Å². The van der Waals surface area contributed by atoms with Gasteiger partial charge in [0, 0.05) is 22.4 Å². The zero-order valence-corrected chi connectivity index (χ0v) is 24.3. The fraction of sp³-hybridized carbons (Fsp3) is 0.258. The van der Waals surface area contributed by atoms with Crippen LogP contribution in [0, 0.1) is 13.8 Å². The van der Waals surface area contributed by atoms with Gasteiger partial charge in [-0.3, -0.25) is 0 Å². The van der Waals surface area contributed by atoms with E-state index < -0.39 is 0 Å². The maximum atomic E-state index is 12.5. The van der Waals surface area contributed by atoms with Gasteiger partial charge >= 0.3 is 5.97 Å². The number of carbonyl (C=O) groups is 1. The molecule has 4 rings (SSSR count). The molecule has 208 valence electrons. The Kier molecular flexibility index (Phi) is 9.06. The minimum absolute atomic E-state index is 0.254. The number of aryl methyl sites for hydroxylation is 2. The second-order valence-electron chi connectivity index (χ2n) is 9.19. The van der Waals surface area contributed by atoms with Crippen LogP contribution in [0.2, 0.25) is 0 Å². The second-order valence-corrected chi connectivity index (χ2v) is 10.1. The van der Waals surface area contributed by atoms with Crippen LogP contribution >= 0.6 is 11.3 Å². The maximum absolute atomic E-state index is 12.5. The molecule has 0 amide bonds. The molecule has 40 heavy (non-hydrogen) atoms. The first-order valence-corrected chi connectivity index (χ1v) is 13.8. The van der Waals surface area contributed by atoms with Crippen LogP contribution in [0.4, 0.5) is 0 Å². The molecule has 0 aliphatic rings. The molecule has 0 saturated heterocycles. The highest BCUT2D eigenvalue weighted by molar-refractivity contribution is 7.12. The number of allylic oxidation sites excluding steroid dienone is 1. The molecule has 0 fully saturated rings. The van der Waals surface area contributed by atoms with Gasteiger partial charge < -0.3 is 24.5 Å². The summed E-state index contributed by atoms with van der Waals surface area (Å²) in [5, 5.41) is 10.7. The normalized spacial score (nSPS) is 11.4. The quantitative estimate of drug-likeness (QED) is 0.174. The molecule has 2 heterocycles. The maximum Gasteiger partial charge on any atom is 0.339 e. The molecule has 0 radical (unpaired) electrons. The predicted octanol–water partition coefficient (Wildman–Crippen LogP) is 6.16. The first-order chi connectivity index (χ1) is 19.3. The lowest BCUT2D eigenvalue weighted by Gasteiger charge is -2.14. The van der Waals surface area contributed by atoms with Crippen molar-refractivity contribution in [3.05, 3.63) is 93.5 Å².